The number of rotatable bonds is 4. The third-order valence-electron chi connectivity index (χ3n) is 2.99. The third kappa shape index (κ3) is 2.58. The average molecular weight is 209 g/mol. The molecule has 0 spiro atoms. The summed E-state index contributed by atoms with van der Waals surface area (Å²) in [5.41, 5.74) is 0. The Kier molecular flexibility index (Phi) is 3.60. The monoisotopic (exact) mass is 209 g/mol. The van der Waals surface area contributed by atoms with Crippen molar-refractivity contribution in [3.8, 4) is 0 Å². The number of hydrogen-bond donors (Lipinski definition) is 1. The van der Waals surface area contributed by atoms with Crippen LogP contribution in [0.5, 0.6) is 0 Å². The summed E-state index contributed by atoms with van der Waals surface area (Å²) in [5, 5.41) is 3.65. The molecule has 1 aliphatic carbocycles. The van der Waals surface area contributed by atoms with Crippen molar-refractivity contribution in [1.29, 1.82) is 0 Å². The van der Waals surface area contributed by atoms with Gasteiger partial charge in [-0.2, -0.15) is 0 Å². The van der Waals surface area contributed by atoms with Crippen LogP contribution >= 0.6 is 11.3 Å². The summed E-state index contributed by atoms with van der Waals surface area (Å²) in [5.74, 6) is 0. The molecule has 1 N–H and O–H groups in total. The first kappa shape index (κ1) is 10.2. The normalized spacial score (nSPS) is 17.8. The molecule has 1 nitrogen and oxygen atoms in total. The number of thiophene rings is 1. The molecule has 0 aliphatic heterocycles. The highest BCUT2D eigenvalue weighted by atomic mass is 32.1. The molecule has 2 heteroatoms. The van der Waals surface area contributed by atoms with Crippen LogP contribution in [0.4, 0.5) is 0 Å². The van der Waals surface area contributed by atoms with Crippen LogP contribution in [0, 0.1) is 0 Å². The minimum absolute atomic E-state index is 0.794. The molecule has 0 saturated heterocycles. The highest BCUT2D eigenvalue weighted by Gasteiger charge is 2.13. The Bertz CT molecular complexity index is 274. The van der Waals surface area contributed by atoms with Crippen LogP contribution in [0.3, 0.4) is 0 Å². The molecule has 1 heterocycles. The van der Waals surface area contributed by atoms with Crippen molar-refractivity contribution in [3.05, 3.63) is 21.9 Å². The Morgan fingerprint density at radius 1 is 1.29 bits per heavy atom. The van der Waals surface area contributed by atoms with E-state index in [4.69, 9.17) is 0 Å². The van der Waals surface area contributed by atoms with Gasteiger partial charge in [0.2, 0.25) is 0 Å². The lowest BCUT2D eigenvalue weighted by Gasteiger charge is -2.09. The molecule has 0 amide bonds. The second kappa shape index (κ2) is 4.94. The van der Waals surface area contributed by atoms with Crippen LogP contribution in [0.15, 0.2) is 12.1 Å². The Morgan fingerprint density at radius 3 is 2.64 bits per heavy atom. The van der Waals surface area contributed by atoms with Gasteiger partial charge in [0.05, 0.1) is 0 Å². The summed E-state index contributed by atoms with van der Waals surface area (Å²) in [7, 11) is 0. The zero-order chi connectivity index (χ0) is 9.80. The van der Waals surface area contributed by atoms with Gasteiger partial charge in [0.1, 0.15) is 0 Å². The predicted octanol–water partition coefficient (Wildman–Crippen LogP) is 3.34. The van der Waals surface area contributed by atoms with Gasteiger partial charge < -0.3 is 5.32 Å². The smallest absolute Gasteiger partial charge is 0.0302 e. The number of aryl methyl sites for hydroxylation is 1. The molecule has 1 saturated carbocycles. The van der Waals surface area contributed by atoms with Crippen LogP contribution in [-0.4, -0.2) is 6.04 Å². The molecule has 0 radical (unpaired) electrons. The van der Waals surface area contributed by atoms with Gasteiger partial charge in [-0.25, -0.2) is 0 Å². The predicted molar refractivity (Wildman–Crippen MR) is 62.8 cm³/mol. The minimum Gasteiger partial charge on any atom is -0.309 e. The lowest BCUT2D eigenvalue weighted by atomic mass is 10.2. The molecular formula is C12H19NS. The topological polar surface area (TPSA) is 12.0 Å². The van der Waals surface area contributed by atoms with Gasteiger partial charge in [-0.15, -0.1) is 11.3 Å². The first-order chi connectivity index (χ1) is 6.88. The van der Waals surface area contributed by atoms with Crippen molar-refractivity contribution in [2.75, 3.05) is 0 Å². The molecule has 0 atom stereocenters. The van der Waals surface area contributed by atoms with Crippen molar-refractivity contribution in [2.24, 2.45) is 0 Å². The summed E-state index contributed by atoms with van der Waals surface area (Å²) in [6.45, 7) is 3.30. The fourth-order valence-electron chi connectivity index (χ4n) is 2.08. The molecule has 1 aromatic heterocycles. The highest BCUT2D eigenvalue weighted by Crippen LogP contribution is 2.20. The van der Waals surface area contributed by atoms with Gasteiger partial charge in [0.15, 0.2) is 0 Å². The fourth-order valence-corrected chi connectivity index (χ4v) is 2.99. The lowest BCUT2D eigenvalue weighted by Crippen LogP contribution is -2.24. The fraction of sp³-hybridized carbons (Fsp3) is 0.667. The largest absolute Gasteiger partial charge is 0.309 e. The van der Waals surface area contributed by atoms with E-state index < -0.39 is 0 Å². The summed E-state index contributed by atoms with van der Waals surface area (Å²) in [6, 6.07) is 5.32. The van der Waals surface area contributed by atoms with Gasteiger partial charge in [0.25, 0.3) is 0 Å². The van der Waals surface area contributed by atoms with Gasteiger partial charge >= 0.3 is 0 Å². The maximum absolute atomic E-state index is 3.65. The van der Waals surface area contributed by atoms with E-state index in [-0.39, 0.29) is 0 Å². The number of nitrogens with one attached hydrogen (secondary N) is 1. The molecule has 0 aromatic carbocycles. The van der Waals surface area contributed by atoms with Crippen molar-refractivity contribution in [1.82, 2.24) is 5.32 Å². The van der Waals surface area contributed by atoms with E-state index >= 15 is 0 Å². The zero-order valence-corrected chi connectivity index (χ0v) is 9.70. The SMILES string of the molecule is CCc1ccc(CNC2CCCC2)s1. The Morgan fingerprint density at radius 2 is 2.00 bits per heavy atom. The minimum atomic E-state index is 0.794. The summed E-state index contributed by atoms with van der Waals surface area (Å²) < 4.78 is 0. The van der Waals surface area contributed by atoms with E-state index in [0.717, 1.165) is 12.6 Å². The van der Waals surface area contributed by atoms with Crippen LogP contribution in [0.2, 0.25) is 0 Å². The van der Waals surface area contributed by atoms with Crippen LogP contribution in [0.25, 0.3) is 0 Å². The maximum Gasteiger partial charge on any atom is 0.0302 e. The van der Waals surface area contributed by atoms with E-state index in [0.29, 0.717) is 0 Å². The first-order valence-corrected chi connectivity index (χ1v) is 6.51. The quantitative estimate of drug-likeness (QED) is 0.802. The summed E-state index contributed by atoms with van der Waals surface area (Å²) in [4.78, 5) is 3.00. The Hall–Kier alpha value is -0.340. The molecule has 1 fully saturated rings. The van der Waals surface area contributed by atoms with E-state index in [1.807, 2.05) is 11.3 Å². The molecule has 14 heavy (non-hydrogen) atoms. The first-order valence-electron chi connectivity index (χ1n) is 5.69. The molecule has 1 aromatic rings. The highest BCUT2D eigenvalue weighted by molar-refractivity contribution is 7.11. The zero-order valence-electron chi connectivity index (χ0n) is 8.88. The van der Waals surface area contributed by atoms with E-state index in [2.05, 4.69) is 24.4 Å². The van der Waals surface area contributed by atoms with Crippen molar-refractivity contribution in [2.45, 2.75) is 51.6 Å². The molecule has 0 unspecified atom stereocenters. The molecular weight excluding hydrogens is 190 g/mol. The number of hydrogen-bond acceptors (Lipinski definition) is 2. The lowest BCUT2D eigenvalue weighted by molar-refractivity contribution is 0.527. The van der Waals surface area contributed by atoms with Gasteiger partial charge in [-0.3, -0.25) is 0 Å². The van der Waals surface area contributed by atoms with Crippen molar-refractivity contribution >= 4 is 11.3 Å². The summed E-state index contributed by atoms with van der Waals surface area (Å²) in [6.07, 6.45) is 6.77. The van der Waals surface area contributed by atoms with Crippen LogP contribution in [0.1, 0.15) is 42.4 Å². The average Bonchev–Trinajstić information content (AvgIpc) is 2.86. The van der Waals surface area contributed by atoms with Crippen molar-refractivity contribution in [3.63, 3.8) is 0 Å². The third-order valence-corrected chi connectivity index (χ3v) is 4.22. The van der Waals surface area contributed by atoms with E-state index in [1.54, 1.807) is 0 Å². The maximum atomic E-state index is 3.65. The summed E-state index contributed by atoms with van der Waals surface area (Å²) >= 11 is 1.95. The van der Waals surface area contributed by atoms with Gasteiger partial charge in [-0.05, 0) is 31.4 Å². The van der Waals surface area contributed by atoms with Crippen LogP contribution in [-0.2, 0) is 13.0 Å². The van der Waals surface area contributed by atoms with E-state index in [9.17, 15) is 0 Å². The second-order valence-electron chi connectivity index (χ2n) is 4.08. The standard InChI is InChI=1S/C12H19NS/c1-2-11-7-8-12(14-11)9-13-10-5-3-4-6-10/h7-8,10,13H,2-6,9H2,1H3. The molecule has 78 valence electrons. The van der Waals surface area contributed by atoms with Gasteiger partial charge in [-0.1, -0.05) is 19.8 Å². The van der Waals surface area contributed by atoms with E-state index in [1.165, 1.54) is 41.9 Å². The molecule has 1 aliphatic rings. The Labute approximate surface area is 90.5 Å². The molecule has 2 rings (SSSR count). The van der Waals surface area contributed by atoms with Crippen LogP contribution < -0.4 is 5.32 Å². The van der Waals surface area contributed by atoms with Gasteiger partial charge in [0, 0.05) is 22.3 Å². The molecule has 0 bridgehead atoms. The van der Waals surface area contributed by atoms with Crippen molar-refractivity contribution < 1.29 is 0 Å². The second-order valence-corrected chi connectivity index (χ2v) is 5.34. The Balaban J connectivity index is 1.79.